The van der Waals surface area contributed by atoms with Crippen molar-refractivity contribution in [2.75, 3.05) is 20.3 Å². The van der Waals surface area contributed by atoms with Gasteiger partial charge in [0.1, 0.15) is 0 Å². The maximum atomic E-state index is 5.00. The van der Waals surface area contributed by atoms with Gasteiger partial charge in [-0.15, -0.1) is 0 Å². The zero-order chi connectivity index (χ0) is 9.40. The van der Waals surface area contributed by atoms with Crippen molar-refractivity contribution >= 4 is 0 Å². The number of hydrogen-bond acceptors (Lipinski definition) is 2. The van der Waals surface area contributed by atoms with E-state index in [9.17, 15) is 0 Å². The number of nitrogens with one attached hydrogen (secondary N) is 1. The van der Waals surface area contributed by atoms with Gasteiger partial charge < -0.3 is 10.1 Å². The Hall–Kier alpha value is -0.0800. The summed E-state index contributed by atoms with van der Waals surface area (Å²) in [7, 11) is 1.75. The molecule has 0 aromatic heterocycles. The number of ether oxygens (including phenoxy) is 1. The predicted octanol–water partition coefficient (Wildman–Crippen LogP) is 2.05. The van der Waals surface area contributed by atoms with Crippen LogP contribution >= 0.6 is 0 Å². The van der Waals surface area contributed by atoms with E-state index in [1.54, 1.807) is 7.11 Å². The van der Waals surface area contributed by atoms with Crippen LogP contribution < -0.4 is 5.32 Å². The molecule has 0 saturated heterocycles. The van der Waals surface area contributed by atoms with Gasteiger partial charge in [-0.3, -0.25) is 0 Å². The van der Waals surface area contributed by atoms with Crippen molar-refractivity contribution in [1.82, 2.24) is 5.32 Å². The molecule has 0 rings (SSSR count). The first-order chi connectivity index (χ1) is 5.66. The fourth-order valence-corrected chi connectivity index (χ4v) is 1.02. The van der Waals surface area contributed by atoms with Crippen LogP contribution in [0.3, 0.4) is 0 Å². The third-order valence-electron chi connectivity index (χ3n) is 1.97. The molecule has 0 aliphatic carbocycles. The highest BCUT2D eigenvalue weighted by Gasteiger charge is 2.00. The molecule has 1 unspecified atom stereocenters. The predicted molar refractivity (Wildman–Crippen MR) is 53.4 cm³/mol. The summed E-state index contributed by atoms with van der Waals surface area (Å²) in [5, 5.41) is 3.47. The molecule has 0 spiro atoms. The minimum atomic E-state index is 0.587. The molecule has 0 bridgehead atoms. The normalized spacial score (nSPS) is 13.8. The summed E-state index contributed by atoms with van der Waals surface area (Å²) in [5.74, 6) is 0.798. The molecular weight excluding hydrogens is 150 g/mol. The zero-order valence-corrected chi connectivity index (χ0v) is 8.89. The van der Waals surface area contributed by atoms with E-state index in [1.807, 2.05) is 0 Å². The van der Waals surface area contributed by atoms with Gasteiger partial charge in [-0.1, -0.05) is 13.8 Å². The molecule has 0 fully saturated rings. The van der Waals surface area contributed by atoms with Gasteiger partial charge in [0.05, 0.1) is 0 Å². The Kier molecular flexibility index (Phi) is 7.51. The highest BCUT2D eigenvalue weighted by molar-refractivity contribution is 4.60. The summed E-state index contributed by atoms with van der Waals surface area (Å²) in [6, 6.07) is 0.587. The first-order valence-corrected chi connectivity index (χ1v) is 4.89. The molecule has 0 aliphatic heterocycles. The van der Waals surface area contributed by atoms with Gasteiger partial charge in [-0.2, -0.15) is 0 Å². The molecule has 12 heavy (non-hydrogen) atoms. The van der Waals surface area contributed by atoms with E-state index >= 15 is 0 Å². The third kappa shape index (κ3) is 8.02. The van der Waals surface area contributed by atoms with Gasteiger partial charge in [-0.25, -0.2) is 0 Å². The summed E-state index contributed by atoms with van der Waals surface area (Å²) >= 11 is 0. The molecule has 0 saturated carbocycles. The fraction of sp³-hybridized carbons (Fsp3) is 1.00. The molecule has 1 N–H and O–H groups in total. The van der Waals surface area contributed by atoms with Crippen molar-refractivity contribution < 1.29 is 4.74 Å². The van der Waals surface area contributed by atoms with E-state index in [2.05, 4.69) is 26.1 Å². The van der Waals surface area contributed by atoms with Crippen molar-refractivity contribution in [3.63, 3.8) is 0 Å². The van der Waals surface area contributed by atoms with E-state index in [0.29, 0.717) is 6.04 Å². The highest BCUT2D eigenvalue weighted by Crippen LogP contribution is 1.98. The fourth-order valence-electron chi connectivity index (χ4n) is 1.02. The molecule has 0 amide bonds. The van der Waals surface area contributed by atoms with E-state index in [-0.39, 0.29) is 0 Å². The van der Waals surface area contributed by atoms with Crippen LogP contribution in [0.25, 0.3) is 0 Å². The summed E-state index contributed by atoms with van der Waals surface area (Å²) in [4.78, 5) is 0. The standard InChI is InChI=1S/C10H23NO/c1-9(2)5-7-11-10(3)6-8-12-4/h9-11H,5-8H2,1-4H3. The SMILES string of the molecule is COCCC(C)NCCC(C)C. The molecule has 2 heteroatoms. The number of hydrogen-bond donors (Lipinski definition) is 1. The Morgan fingerprint density at radius 3 is 2.33 bits per heavy atom. The van der Waals surface area contributed by atoms with E-state index in [1.165, 1.54) is 6.42 Å². The van der Waals surface area contributed by atoms with Crippen LogP contribution in [0.2, 0.25) is 0 Å². The summed E-state index contributed by atoms with van der Waals surface area (Å²) in [5.41, 5.74) is 0. The molecule has 0 heterocycles. The lowest BCUT2D eigenvalue weighted by Crippen LogP contribution is -2.28. The smallest absolute Gasteiger partial charge is 0.0476 e. The molecule has 74 valence electrons. The van der Waals surface area contributed by atoms with Gasteiger partial charge in [0.25, 0.3) is 0 Å². The third-order valence-corrected chi connectivity index (χ3v) is 1.97. The molecule has 0 aromatic rings. The Morgan fingerprint density at radius 2 is 1.83 bits per heavy atom. The first kappa shape index (κ1) is 11.9. The maximum Gasteiger partial charge on any atom is 0.0476 e. The van der Waals surface area contributed by atoms with Crippen LogP contribution in [0.5, 0.6) is 0 Å². The van der Waals surface area contributed by atoms with E-state index in [0.717, 1.165) is 25.5 Å². The van der Waals surface area contributed by atoms with Crippen molar-refractivity contribution in [1.29, 1.82) is 0 Å². The molecular formula is C10H23NO. The van der Waals surface area contributed by atoms with Crippen molar-refractivity contribution in [3.8, 4) is 0 Å². The monoisotopic (exact) mass is 173 g/mol. The lowest BCUT2D eigenvalue weighted by atomic mass is 10.1. The number of methoxy groups -OCH3 is 1. The Morgan fingerprint density at radius 1 is 1.17 bits per heavy atom. The lowest BCUT2D eigenvalue weighted by Gasteiger charge is -2.13. The Labute approximate surface area is 76.7 Å². The van der Waals surface area contributed by atoms with Crippen molar-refractivity contribution in [2.24, 2.45) is 5.92 Å². The maximum absolute atomic E-state index is 5.00. The quantitative estimate of drug-likeness (QED) is 0.636. The van der Waals surface area contributed by atoms with Gasteiger partial charge >= 0.3 is 0 Å². The number of rotatable bonds is 7. The van der Waals surface area contributed by atoms with Crippen LogP contribution in [0.15, 0.2) is 0 Å². The van der Waals surface area contributed by atoms with Crippen molar-refractivity contribution in [3.05, 3.63) is 0 Å². The highest BCUT2D eigenvalue weighted by atomic mass is 16.5. The van der Waals surface area contributed by atoms with Crippen LogP contribution in [0.4, 0.5) is 0 Å². The second kappa shape index (κ2) is 7.56. The molecule has 0 radical (unpaired) electrons. The lowest BCUT2D eigenvalue weighted by molar-refractivity contribution is 0.184. The molecule has 2 nitrogen and oxygen atoms in total. The minimum Gasteiger partial charge on any atom is -0.385 e. The summed E-state index contributed by atoms with van der Waals surface area (Å²) in [6.45, 7) is 8.70. The second-order valence-electron chi connectivity index (χ2n) is 3.82. The molecule has 0 aliphatic rings. The summed E-state index contributed by atoms with van der Waals surface area (Å²) < 4.78 is 5.00. The molecule has 1 atom stereocenters. The van der Waals surface area contributed by atoms with Crippen LogP contribution in [0, 0.1) is 5.92 Å². The van der Waals surface area contributed by atoms with Gasteiger partial charge in [-0.05, 0) is 32.2 Å². The van der Waals surface area contributed by atoms with Gasteiger partial charge in [0.2, 0.25) is 0 Å². The van der Waals surface area contributed by atoms with Gasteiger partial charge in [0.15, 0.2) is 0 Å². The molecule has 0 aromatic carbocycles. The summed E-state index contributed by atoms with van der Waals surface area (Å²) in [6.07, 6.45) is 2.37. The zero-order valence-electron chi connectivity index (χ0n) is 8.89. The topological polar surface area (TPSA) is 21.3 Å². The van der Waals surface area contributed by atoms with Crippen LogP contribution in [-0.2, 0) is 4.74 Å². The second-order valence-corrected chi connectivity index (χ2v) is 3.82. The van der Waals surface area contributed by atoms with Crippen LogP contribution in [0.1, 0.15) is 33.6 Å². The first-order valence-electron chi connectivity index (χ1n) is 4.89. The minimum absolute atomic E-state index is 0.587. The Bertz CT molecular complexity index is 93.8. The van der Waals surface area contributed by atoms with Crippen LogP contribution in [-0.4, -0.2) is 26.3 Å². The van der Waals surface area contributed by atoms with Crippen molar-refractivity contribution in [2.45, 2.75) is 39.7 Å². The average molecular weight is 173 g/mol. The van der Waals surface area contributed by atoms with E-state index < -0.39 is 0 Å². The van der Waals surface area contributed by atoms with Gasteiger partial charge in [0, 0.05) is 19.8 Å². The Balaban J connectivity index is 3.13. The average Bonchev–Trinajstić information content (AvgIpc) is 2.00. The van der Waals surface area contributed by atoms with E-state index in [4.69, 9.17) is 4.74 Å². The largest absolute Gasteiger partial charge is 0.385 e.